The van der Waals surface area contributed by atoms with Crippen molar-refractivity contribution < 1.29 is 29.3 Å². The van der Waals surface area contributed by atoms with Gasteiger partial charge in [0.15, 0.2) is 11.4 Å². The van der Waals surface area contributed by atoms with Gasteiger partial charge >= 0.3 is 0 Å². The zero-order chi connectivity index (χ0) is 33.4. The van der Waals surface area contributed by atoms with Gasteiger partial charge in [-0.2, -0.15) is 0 Å². The van der Waals surface area contributed by atoms with Gasteiger partial charge in [0.1, 0.15) is 5.75 Å². The van der Waals surface area contributed by atoms with Gasteiger partial charge in [-0.15, -0.1) is 0 Å². The topological polar surface area (TPSA) is 111 Å². The van der Waals surface area contributed by atoms with E-state index < -0.39 is 17.4 Å². The number of hydrogen-bond donors (Lipinski definition) is 2. The van der Waals surface area contributed by atoms with E-state index in [0.717, 1.165) is 18.4 Å². The fraction of sp³-hybridized carbons (Fsp3) is 0.256. The molecule has 0 radical (unpaired) electrons. The standard InChI is InChI=1S/C39H37N3O6/c1-26(10-8-18-36(44)40-23-9-11-29(40)25-43)39(47)31-13-3-4-14-32(31)41(38(39)46)24-27-19-21-28(22-20-27)42-33-15-5-7-17-35(33)48-34-16-6-2-12-30(34)37(42)45/h2-8,10,12-17,19-22,26,29,43,47H,9,11,18,23-25H2,1H3/b10-8+/t26-,29-,39+/m0/s1. The third-order valence-corrected chi connectivity index (χ3v) is 9.64. The summed E-state index contributed by atoms with van der Waals surface area (Å²) < 4.78 is 6.13. The number of carbonyl (C=O) groups is 3. The molecular weight excluding hydrogens is 606 g/mol. The van der Waals surface area contributed by atoms with Crippen LogP contribution in [-0.4, -0.2) is 52.0 Å². The molecule has 4 aromatic carbocycles. The Morgan fingerprint density at radius 3 is 2.40 bits per heavy atom. The second-order valence-electron chi connectivity index (χ2n) is 12.5. The summed E-state index contributed by atoms with van der Waals surface area (Å²) in [6, 6.07) is 29.1. The van der Waals surface area contributed by atoms with Crippen LogP contribution in [0.5, 0.6) is 11.5 Å². The van der Waals surface area contributed by atoms with Gasteiger partial charge in [0.2, 0.25) is 5.91 Å². The molecule has 1 saturated heterocycles. The van der Waals surface area contributed by atoms with Crippen molar-refractivity contribution in [3.63, 3.8) is 0 Å². The number of carbonyl (C=O) groups excluding carboxylic acids is 3. The van der Waals surface area contributed by atoms with Crippen molar-refractivity contribution in [3.8, 4) is 11.5 Å². The zero-order valence-corrected chi connectivity index (χ0v) is 26.7. The molecule has 0 bridgehead atoms. The minimum atomic E-state index is -1.81. The highest BCUT2D eigenvalue weighted by Crippen LogP contribution is 2.46. The number of amides is 3. The Bertz CT molecular complexity index is 1910. The smallest absolute Gasteiger partial charge is 0.266 e. The van der Waals surface area contributed by atoms with Crippen molar-refractivity contribution in [1.82, 2.24) is 4.90 Å². The molecule has 3 aliphatic heterocycles. The lowest BCUT2D eigenvalue weighted by Gasteiger charge is -2.28. The van der Waals surface area contributed by atoms with Crippen LogP contribution in [0.15, 0.2) is 109 Å². The summed E-state index contributed by atoms with van der Waals surface area (Å²) >= 11 is 0. The normalized spacial score (nSPS) is 20.7. The minimum Gasteiger partial charge on any atom is -0.454 e. The number of ether oxygens (including phenoxy) is 1. The van der Waals surface area contributed by atoms with Gasteiger partial charge in [-0.3, -0.25) is 19.3 Å². The second-order valence-corrected chi connectivity index (χ2v) is 12.5. The molecule has 0 unspecified atom stereocenters. The maximum atomic E-state index is 14.0. The van der Waals surface area contributed by atoms with E-state index in [9.17, 15) is 24.6 Å². The molecule has 244 valence electrons. The van der Waals surface area contributed by atoms with E-state index in [1.165, 1.54) is 0 Å². The van der Waals surface area contributed by atoms with Gasteiger partial charge in [0.05, 0.1) is 36.1 Å². The molecule has 0 spiro atoms. The fourth-order valence-electron chi connectivity index (χ4n) is 7.04. The van der Waals surface area contributed by atoms with E-state index in [2.05, 4.69) is 0 Å². The average molecular weight is 644 g/mol. The molecule has 3 atom stereocenters. The Morgan fingerprint density at radius 1 is 0.938 bits per heavy atom. The molecule has 3 amide bonds. The number of nitrogens with zero attached hydrogens (tertiary/aromatic N) is 3. The van der Waals surface area contributed by atoms with E-state index in [4.69, 9.17) is 4.74 Å². The summed E-state index contributed by atoms with van der Waals surface area (Å²) in [4.78, 5) is 45.6. The molecule has 3 aliphatic rings. The van der Waals surface area contributed by atoms with Crippen LogP contribution in [0.25, 0.3) is 0 Å². The van der Waals surface area contributed by atoms with E-state index >= 15 is 0 Å². The molecule has 9 nitrogen and oxygen atoms in total. The number of hydrogen-bond acceptors (Lipinski definition) is 6. The van der Waals surface area contributed by atoms with E-state index in [1.807, 2.05) is 72.8 Å². The lowest BCUT2D eigenvalue weighted by Crippen LogP contribution is -2.44. The monoisotopic (exact) mass is 643 g/mol. The van der Waals surface area contributed by atoms with Crippen molar-refractivity contribution in [1.29, 1.82) is 0 Å². The van der Waals surface area contributed by atoms with Crippen LogP contribution in [-0.2, 0) is 21.7 Å². The average Bonchev–Trinajstić information content (AvgIpc) is 3.64. The first-order valence-electron chi connectivity index (χ1n) is 16.3. The molecule has 0 aromatic heterocycles. The van der Waals surface area contributed by atoms with Gasteiger partial charge in [0, 0.05) is 30.1 Å². The van der Waals surface area contributed by atoms with Crippen LogP contribution in [0, 0.1) is 5.92 Å². The molecule has 9 heteroatoms. The lowest BCUT2D eigenvalue weighted by molar-refractivity contribution is -0.139. The summed E-state index contributed by atoms with van der Waals surface area (Å²) in [6.45, 7) is 2.56. The third kappa shape index (κ3) is 5.35. The highest BCUT2D eigenvalue weighted by molar-refractivity contribution is 6.14. The lowest BCUT2D eigenvalue weighted by atomic mass is 9.83. The Labute approximate surface area is 279 Å². The Balaban J connectivity index is 1.11. The highest BCUT2D eigenvalue weighted by Gasteiger charge is 2.52. The van der Waals surface area contributed by atoms with Crippen LogP contribution < -0.4 is 14.5 Å². The first-order chi connectivity index (χ1) is 23.3. The van der Waals surface area contributed by atoms with Gasteiger partial charge in [-0.25, -0.2) is 0 Å². The first kappa shape index (κ1) is 31.4. The van der Waals surface area contributed by atoms with Crippen LogP contribution in [0.4, 0.5) is 17.1 Å². The first-order valence-corrected chi connectivity index (χ1v) is 16.3. The number of aliphatic hydroxyl groups excluding tert-OH is 1. The summed E-state index contributed by atoms with van der Waals surface area (Å²) in [5.41, 5.74) is 1.86. The Morgan fingerprint density at radius 2 is 1.62 bits per heavy atom. The van der Waals surface area contributed by atoms with Crippen molar-refractivity contribution in [2.24, 2.45) is 5.92 Å². The Hall–Kier alpha value is -5.25. The van der Waals surface area contributed by atoms with Crippen LogP contribution >= 0.6 is 0 Å². The largest absolute Gasteiger partial charge is 0.454 e. The van der Waals surface area contributed by atoms with E-state index in [0.29, 0.717) is 46.2 Å². The van der Waals surface area contributed by atoms with Crippen LogP contribution in [0.2, 0.25) is 0 Å². The van der Waals surface area contributed by atoms with E-state index in [1.54, 1.807) is 58.0 Å². The molecule has 2 N–H and O–H groups in total. The molecule has 3 heterocycles. The SMILES string of the molecule is C[C@@H](/C=C/CC(=O)N1CCC[C@H]1CO)[C@]1(O)C(=O)N(Cc2ccc(N3C(=O)c4ccccc4Oc4ccccc43)cc2)c2ccccc21. The molecule has 1 fully saturated rings. The predicted octanol–water partition coefficient (Wildman–Crippen LogP) is 6.07. The maximum absolute atomic E-state index is 14.0. The summed E-state index contributed by atoms with van der Waals surface area (Å²) in [5, 5.41) is 21.6. The molecule has 0 saturated carbocycles. The Kier molecular flexibility index (Phi) is 8.33. The van der Waals surface area contributed by atoms with Crippen molar-refractivity contribution in [2.45, 2.75) is 44.4 Å². The third-order valence-electron chi connectivity index (χ3n) is 9.64. The number of benzene rings is 4. The summed E-state index contributed by atoms with van der Waals surface area (Å²) in [6.07, 6.45) is 5.23. The number of para-hydroxylation sites is 4. The zero-order valence-electron chi connectivity index (χ0n) is 26.7. The molecule has 4 aromatic rings. The molecule has 7 rings (SSSR count). The van der Waals surface area contributed by atoms with Crippen molar-refractivity contribution in [2.75, 3.05) is 23.0 Å². The highest BCUT2D eigenvalue weighted by atomic mass is 16.5. The fourth-order valence-corrected chi connectivity index (χ4v) is 7.04. The van der Waals surface area contributed by atoms with Gasteiger partial charge < -0.3 is 24.7 Å². The maximum Gasteiger partial charge on any atom is 0.266 e. The quantitative estimate of drug-likeness (QED) is 0.226. The van der Waals surface area contributed by atoms with Gasteiger partial charge in [-0.1, -0.05) is 73.7 Å². The number of likely N-dealkylation sites (tertiary alicyclic amines) is 1. The summed E-state index contributed by atoms with van der Waals surface area (Å²) in [7, 11) is 0. The van der Waals surface area contributed by atoms with Gasteiger partial charge in [0.25, 0.3) is 11.8 Å². The second kappa shape index (κ2) is 12.7. The molecule has 48 heavy (non-hydrogen) atoms. The van der Waals surface area contributed by atoms with Crippen molar-refractivity contribution in [3.05, 3.63) is 126 Å². The summed E-state index contributed by atoms with van der Waals surface area (Å²) in [5.74, 6) is -0.289. The minimum absolute atomic E-state index is 0.0523. The number of anilines is 3. The number of fused-ring (bicyclic) bond motifs is 3. The molecular formula is C39H37N3O6. The van der Waals surface area contributed by atoms with Crippen molar-refractivity contribution >= 4 is 34.8 Å². The van der Waals surface area contributed by atoms with Crippen LogP contribution in [0.1, 0.15) is 47.7 Å². The number of aliphatic hydroxyl groups is 2. The predicted molar refractivity (Wildman–Crippen MR) is 182 cm³/mol. The number of rotatable bonds is 8. The van der Waals surface area contributed by atoms with E-state index in [-0.39, 0.29) is 37.4 Å². The van der Waals surface area contributed by atoms with Crippen LogP contribution in [0.3, 0.4) is 0 Å². The molecule has 0 aliphatic carbocycles. The van der Waals surface area contributed by atoms with Gasteiger partial charge in [-0.05, 0) is 60.9 Å².